The van der Waals surface area contributed by atoms with Crippen molar-refractivity contribution in [1.82, 2.24) is 9.97 Å². The summed E-state index contributed by atoms with van der Waals surface area (Å²) in [5.41, 5.74) is 0.885. The van der Waals surface area contributed by atoms with E-state index in [1.165, 1.54) is 24.7 Å². The van der Waals surface area contributed by atoms with Crippen molar-refractivity contribution >= 4 is 52.6 Å². The van der Waals surface area contributed by atoms with Gasteiger partial charge in [-0.3, -0.25) is 0 Å². The van der Waals surface area contributed by atoms with E-state index in [2.05, 4.69) is 15.1 Å². The zero-order valence-electron chi connectivity index (χ0n) is 10.1. The number of halogens is 4. The highest BCUT2D eigenvalue weighted by Crippen LogP contribution is 2.22. The van der Waals surface area contributed by atoms with Gasteiger partial charge in [-0.15, -0.1) is 0 Å². The molecule has 0 bridgehead atoms. The van der Waals surface area contributed by atoms with Crippen molar-refractivity contribution in [2.45, 2.75) is 0 Å². The Balaban J connectivity index is 0.000000211. The monoisotopic (exact) mass is 362 g/mol. The van der Waals surface area contributed by atoms with Crippen molar-refractivity contribution in [2.75, 3.05) is 0 Å². The SMILES string of the molecule is N#Cc1ccnc(Cl)c1Cl.ON=Cc1ccnc(Cl)c1Cl. The largest absolute Gasteiger partial charge is 0.411 e. The smallest absolute Gasteiger partial charge is 0.148 e. The molecule has 2 aromatic rings. The number of pyridine rings is 2. The highest BCUT2D eigenvalue weighted by molar-refractivity contribution is 6.42. The highest BCUT2D eigenvalue weighted by atomic mass is 35.5. The van der Waals surface area contributed by atoms with Gasteiger partial charge >= 0.3 is 0 Å². The Hall–Kier alpha value is -1.58. The van der Waals surface area contributed by atoms with Crippen LogP contribution in [0.25, 0.3) is 0 Å². The van der Waals surface area contributed by atoms with Crippen LogP contribution in [-0.2, 0) is 0 Å². The first kappa shape index (κ1) is 17.5. The third kappa shape index (κ3) is 5.03. The van der Waals surface area contributed by atoms with Crippen LogP contribution in [0.3, 0.4) is 0 Å². The molecule has 5 nitrogen and oxygen atoms in total. The van der Waals surface area contributed by atoms with Crippen LogP contribution in [0.15, 0.2) is 29.7 Å². The van der Waals surface area contributed by atoms with Crippen LogP contribution in [0, 0.1) is 11.3 Å². The molecule has 0 aromatic carbocycles. The van der Waals surface area contributed by atoms with Crippen LogP contribution in [0.2, 0.25) is 20.4 Å². The average Bonchev–Trinajstić information content (AvgIpc) is 2.48. The average molecular weight is 364 g/mol. The summed E-state index contributed by atoms with van der Waals surface area (Å²) in [7, 11) is 0. The lowest BCUT2D eigenvalue weighted by molar-refractivity contribution is 0.322. The first-order chi connectivity index (χ1) is 10.0. The molecule has 1 N–H and O–H groups in total. The van der Waals surface area contributed by atoms with Gasteiger partial charge < -0.3 is 5.21 Å². The molecule has 9 heteroatoms. The molecule has 2 rings (SSSR count). The summed E-state index contributed by atoms with van der Waals surface area (Å²) in [5, 5.41) is 20.3. The molecule has 0 aliphatic heterocycles. The van der Waals surface area contributed by atoms with E-state index in [4.69, 9.17) is 56.9 Å². The van der Waals surface area contributed by atoms with Gasteiger partial charge in [-0.05, 0) is 12.1 Å². The van der Waals surface area contributed by atoms with Crippen molar-refractivity contribution in [2.24, 2.45) is 5.16 Å². The minimum atomic E-state index is 0.167. The Bertz CT molecular complexity index is 700. The quantitative estimate of drug-likeness (QED) is 0.351. The molecule has 0 saturated heterocycles. The molecule has 0 unspecified atom stereocenters. The molecular formula is C12H6Cl4N4O. The molecule has 0 atom stereocenters. The van der Waals surface area contributed by atoms with Crippen molar-refractivity contribution in [3.05, 3.63) is 56.0 Å². The fraction of sp³-hybridized carbons (Fsp3) is 0. The number of nitriles is 1. The number of rotatable bonds is 1. The van der Waals surface area contributed by atoms with Crippen molar-refractivity contribution < 1.29 is 5.21 Å². The standard InChI is InChI=1S/C6H4Cl2N2O.C6H2Cl2N2/c7-5-4(3-10-11)1-2-9-6(5)8;7-5-4(3-9)1-2-10-6(5)8/h1-3,11H;1-2H. The molecule has 0 aliphatic rings. The van der Waals surface area contributed by atoms with Gasteiger partial charge in [0.1, 0.15) is 16.4 Å². The van der Waals surface area contributed by atoms with Gasteiger partial charge in [-0.25, -0.2) is 9.97 Å². The van der Waals surface area contributed by atoms with Crippen molar-refractivity contribution in [3.8, 4) is 6.07 Å². The highest BCUT2D eigenvalue weighted by Gasteiger charge is 2.03. The minimum Gasteiger partial charge on any atom is -0.411 e. The summed E-state index contributed by atoms with van der Waals surface area (Å²) in [4.78, 5) is 7.38. The van der Waals surface area contributed by atoms with Crippen molar-refractivity contribution in [1.29, 1.82) is 5.26 Å². The van der Waals surface area contributed by atoms with Crippen molar-refractivity contribution in [3.63, 3.8) is 0 Å². The van der Waals surface area contributed by atoms with E-state index >= 15 is 0 Å². The third-order valence-electron chi connectivity index (χ3n) is 2.04. The van der Waals surface area contributed by atoms with Crippen LogP contribution in [0.5, 0.6) is 0 Å². The fourth-order valence-electron chi connectivity index (χ4n) is 1.10. The van der Waals surface area contributed by atoms with Gasteiger partial charge in [-0.2, -0.15) is 5.26 Å². The lowest BCUT2D eigenvalue weighted by Crippen LogP contribution is -1.85. The Morgan fingerprint density at radius 3 is 2.14 bits per heavy atom. The molecule has 0 aliphatic carbocycles. The van der Waals surface area contributed by atoms with Crippen LogP contribution >= 0.6 is 46.4 Å². The minimum absolute atomic E-state index is 0.167. The molecular weight excluding hydrogens is 358 g/mol. The number of nitrogens with zero attached hydrogens (tertiary/aromatic N) is 4. The molecule has 2 aromatic heterocycles. The van der Waals surface area contributed by atoms with Gasteiger partial charge in [0, 0.05) is 18.0 Å². The van der Waals surface area contributed by atoms with Crippen LogP contribution in [0.4, 0.5) is 0 Å². The summed E-state index contributed by atoms with van der Waals surface area (Å²) in [6.45, 7) is 0. The maximum Gasteiger partial charge on any atom is 0.148 e. The Labute approximate surface area is 140 Å². The second-order valence-electron chi connectivity index (χ2n) is 3.32. The molecule has 0 saturated carbocycles. The van der Waals surface area contributed by atoms with Gasteiger partial charge in [0.2, 0.25) is 0 Å². The van der Waals surface area contributed by atoms with Gasteiger partial charge in [0.05, 0.1) is 21.8 Å². The van der Waals surface area contributed by atoms with Gasteiger partial charge in [0.25, 0.3) is 0 Å². The number of hydrogen-bond donors (Lipinski definition) is 1. The second kappa shape index (κ2) is 8.65. The summed E-state index contributed by atoms with van der Waals surface area (Å²) in [6.07, 6.45) is 4.11. The van der Waals surface area contributed by atoms with E-state index < -0.39 is 0 Å². The molecule has 0 radical (unpaired) electrons. The van der Waals surface area contributed by atoms with Crippen LogP contribution < -0.4 is 0 Å². The van der Waals surface area contributed by atoms with E-state index in [1.807, 2.05) is 6.07 Å². The molecule has 2 heterocycles. The first-order valence-electron chi connectivity index (χ1n) is 5.18. The molecule has 0 spiro atoms. The van der Waals surface area contributed by atoms with Crippen LogP contribution in [-0.4, -0.2) is 21.4 Å². The first-order valence-corrected chi connectivity index (χ1v) is 6.70. The fourth-order valence-corrected chi connectivity index (χ4v) is 1.74. The number of oxime groups is 1. The Morgan fingerprint density at radius 1 is 1.05 bits per heavy atom. The molecule has 0 amide bonds. The predicted octanol–water partition coefficient (Wildman–Crippen LogP) is 4.46. The zero-order valence-corrected chi connectivity index (χ0v) is 13.2. The maximum atomic E-state index is 8.42. The Morgan fingerprint density at radius 2 is 1.62 bits per heavy atom. The van der Waals surface area contributed by atoms with E-state index in [-0.39, 0.29) is 20.4 Å². The normalized spacial score (nSPS) is 9.86. The van der Waals surface area contributed by atoms with Gasteiger partial charge in [0.15, 0.2) is 0 Å². The lowest BCUT2D eigenvalue weighted by atomic mass is 10.3. The third-order valence-corrected chi connectivity index (χ3v) is 3.59. The predicted molar refractivity (Wildman–Crippen MR) is 82.6 cm³/mol. The van der Waals surface area contributed by atoms with E-state index in [0.29, 0.717) is 11.1 Å². The van der Waals surface area contributed by atoms with Gasteiger partial charge in [-0.1, -0.05) is 51.6 Å². The van der Waals surface area contributed by atoms with E-state index in [0.717, 1.165) is 0 Å². The topological polar surface area (TPSA) is 82.2 Å². The van der Waals surface area contributed by atoms with Crippen LogP contribution in [0.1, 0.15) is 11.1 Å². The lowest BCUT2D eigenvalue weighted by Gasteiger charge is -1.96. The van der Waals surface area contributed by atoms with E-state index in [1.54, 1.807) is 6.07 Å². The number of aromatic nitrogens is 2. The molecule has 21 heavy (non-hydrogen) atoms. The Kier molecular flexibility index (Phi) is 7.20. The van der Waals surface area contributed by atoms with E-state index in [9.17, 15) is 0 Å². The molecule has 0 fully saturated rings. The summed E-state index contributed by atoms with van der Waals surface area (Å²) in [6, 6.07) is 4.98. The summed E-state index contributed by atoms with van der Waals surface area (Å²) >= 11 is 22.3. The number of hydrogen-bond acceptors (Lipinski definition) is 5. The second-order valence-corrected chi connectivity index (χ2v) is 4.80. The maximum absolute atomic E-state index is 8.42. The zero-order chi connectivity index (χ0) is 15.8. The summed E-state index contributed by atoms with van der Waals surface area (Å²) < 4.78 is 0. The molecule has 108 valence electrons. The summed E-state index contributed by atoms with van der Waals surface area (Å²) in [5.74, 6) is 0.